The van der Waals surface area contributed by atoms with Crippen LogP contribution in [0, 0.1) is 0 Å². The summed E-state index contributed by atoms with van der Waals surface area (Å²) in [6, 6.07) is 19.5. The average Bonchev–Trinajstić information content (AvgIpc) is 2.20. The molecule has 0 amide bonds. The summed E-state index contributed by atoms with van der Waals surface area (Å²) >= 11 is 0. The summed E-state index contributed by atoms with van der Waals surface area (Å²) in [5, 5.41) is 0. The summed E-state index contributed by atoms with van der Waals surface area (Å²) < 4.78 is 0. The maximum absolute atomic E-state index is 2.25. The SMILES string of the molecule is F.F.[BH3-]c1ccc(-c2ccccc2)cc1. The summed E-state index contributed by atoms with van der Waals surface area (Å²) in [5.74, 6) is 0. The lowest BCUT2D eigenvalue weighted by Gasteiger charge is -2.02. The van der Waals surface area contributed by atoms with E-state index in [0.29, 0.717) is 7.85 Å². The Kier molecular flexibility index (Phi) is 5.31. The van der Waals surface area contributed by atoms with Gasteiger partial charge in [-0.15, -0.1) is 0 Å². The Bertz CT molecular complexity index is 384. The zero-order valence-corrected chi connectivity index (χ0v) is 7.51. The Hall–Kier alpha value is -1.64. The highest BCUT2D eigenvalue weighted by Crippen LogP contribution is 2.16. The number of halogens is 2. The first-order valence-electron chi connectivity index (χ1n) is 3.98. The molecule has 0 aliphatic carbocycles. The van der Waals surface area contributed by atoms with Crippen molar-refractivity contribution in [1.82, 2.24) is 0 Å². The van der Waals surface area contributed by atoms with E-state index in [1.54, 1.807) is 5.46 Å². The van der Waals surface area contributed by atoms with Crippen molar-refractivity contribution in [2.24, 2.45) is 0 Å². The summed E-state index contributed by atoms with van der Waals surface area (Å²) in [5.41, 5.74) is 4.19. The number of benzene rings is 2. The van der Waals surface area contributed by atoms with E-state index < -0.39 is 0 Å². The van der Waals surface area contributed by atoms with Crippen molar-refractivity contribution in [3.8, 4) is 11.1 Å². The van der Waals surface area contributed by atoms with E-state index in [2.05, 4.69) is 54.6 Å². The largest absolute Gasteiger partial charge is 0.269 e. The maximum Gasteiger partial charge on any atom is -0.0184 e. The third-order valence-corrected chi connectivity index (χ3v) is 1.83. The Morgan fingerprint density at radius 3 is 1.60 bits per heavy atom. The highest BCUT2D eigenvalue weighted by molar-refractivity contribution is 6.32. The van der Waals surface area contributed by atoms with E-state index in [1.165, 1.54) is 11.1 Å². The second-order valence-corrected chi connectivity index (χ2v) is 2.65. The van der Waals surface area contributed by atoms with Gasteiger partial charge in [0.25, 0.3) is 0 Å². The predicted octanol–water partition coefficient (Wildman–Crippen LogP) is 1.65. The maximum atomic E-state index is 2.25. The summed E-state index contributed by atoms with van der Waals surface area (Å²) in [7, 11) is 0.357. The van der Waals surface area contributed by atoms with Crippen LogP contribution in [0.25, 0.3) is 11.1 Å². The van der Waals surface area contributed by atoms with E-state index in [1.807, 2.05) is 0 Å². The monoisotopic (exact) mass is 207 g/mol. The van der Waals surface area contributed by atoms with Gasteiger partial charge in [0.2, 0.25) is 0 Å². The van der Waals surface area contributed by atoms with Gasteiger partial charge in [-0.1, -0.05) is 54.6 Å². The molecule has 0 heterocycles. The summed E-state index contributed by atoms with van der Waals surface area (Å²) in [4.78, 5) is 0. The summed E-state index contributed by atoms with van der Waals surface area (Å²) in [6.07, 6.45) is 0. The van der Waals surface area contributed by atoms with Crippen LogP contribution in [0.1, 0.15) is 0 Å². The molecule has 0 aliphatic rings. The first kappa shape index (κ1) is 13.4. The van der Waals surface area contributed by atoms with Crippen LogP contribution in [0.2, 0.25) is 0 Å². The van der Waals surface area contributed by atoms with E-state index >= 15 is 0 Å². The molecule has 0 aromatic heterocycles. The van der Waals surface area contributed by atoms with Crippen LogP contribution >= 0.6 is 0 Å². The van der Waals surface area contributed by atoms with E-state index in [9.17, 15) is 0 Å². The van der Waals surface area contributed by atoms with Gasteiger partial charge in [-0.2, -0.15) is 0 Å². The smallest absolute Gasteiger partial charge is 0.0184 e. The molecule has 0 radical (unpaired) electrons. The minimum Gasteiger partial charge on any atom is -0.269 e. The molecule has 80 valence electrons. The standard InChI is InChI=1S/C12H12B.2FH/c13-12-8-6-11(7-9-12)10-4-2-1-3-5-10;;/h1-9H,13H3;2*1H/q-1;;. The van der Waals surface area contributed by atoms with Gasteiger partial charge in [-0.05, 0) is 19.0 Å². The molecule has 0 unspecified atom stereocenters. The highest BCUT2D eigenvalue weighted by atomic mass is 19.0. The number of rotatable bonds is 1. The zero-order chi connectivity index (χ0) is 9.10. The molecule has 0 bridgehead atoms. The van der Waals surface area contributed by atoms with Crippen molar-refractivity contribution < 1.29 is 9.41 Å². The van der Waals surface area contributed by atoms with Crippen molar-refractivity contribution in [2.75, 3.05) is 0 Å². The Labute approximate surface area is 89.1 Å². The lowest BCUT2D eigenvalue weighted by molar-refractivity contribution is 1.11. The zero-order valence-electron chi connectivity index (χ0n) is 7.51. The molecule has 0 saturated carbocycles. The van der Waals surface area contributed by atoms with Gasteiger partial charge in [0.1, 0.15) is 0 Å². The Balaban J connectivity index is 0.000000980. The van der Waals surface area contributed by atoms with Gasteiger partial charge < -0.3 is 0 Å². The molecule has 0 saturated heterocycles. The molecule has 2 rings (SSSR count). The van der Waals surface area contributed by atoms with Gasteiger partial charge in [0.15, 0.2) is 0 Å². The fourth-order valence-corrected chi connectivity index (χ4v) is 1.21. The number of hydrogen-bond acceptors (Lipinski definition) is 0. The summed E-state index contributed by atoms with van der Waals surface area (Å²) in [6.45, 7) is 0. The van der Waals surface area contributed by atoms with E-state index in [0.717, 1.165) is 0 Å². The van der Waals surface area contributed by atoms with Crippen molar-refractivity contribution in [1.29, 1.82) is 0 Å². The van der Waals surface area contributed by atoms with Gasteiger partial charge in [-0.3, -0.25) is 9.41 Å². The van der Waals surface area contributed by atoms with Gasteiger partial charge in [0, 0.05) is 0 Å². The lowest BCUT2D eigenvalue weighted by atomic mass is 9.94. The second-order valence-electron chi connectivity index (χ2n) is 2.65. The number of hydrogen-bond donors (Lipinski definition) is 0. The average molecular weight is 207 g/mol. The van der Waals surface area contributed by atoms with E-state index in [4.69, 9.17) is 0 Å². The molecular formula is C12H14BF2-. The molecule has 15 heavy (non-hydrogen) atoms. The molecular weight excluding hydrogens is 193 g/mol. The van der Waals surface area contributed by atoms with Crippen LogP contribution in [0.4, 0.5) is 9.41 Å². The molecule has 0 N–H and O–H groups in total. The van der Waals surface area contributed by atoms with Crippen molar-refractivity contribution in [3.05, 3.63) is 54.6 Å². The lowest BCUT2D eigenvalue weighted by Crippen LogP contribution is -1.98. The molecule has 3 heteroatoms. The Morgan fingerprint density at radius 1 is 0.600 bits per heavy atom. The molecule has 0 spiro atoms. The topological polar surface area (TPSA) is 0 Å². The van der Waals surface area contributed by atoms with Crippen molar-refractivity contribution in [3.63, 3.8) is 0 Å². The van der Waals surface area contributed by atoms with Crippen LogP contribution in [0.5, 0.6) is 0 Å². The minimum absolute atomic E-state index is 0. The third kappa shape index (κ3) is 3.20. The second kappa shape index (κ2) is 5.96. The van der Waals surface area contributed by atoms with Crippen LogP contribution in [-0.2, 0) is 0 Å². The molecule has 2 aromatic carbocycles. The van der Waals surface area contributed by atoms with Gasteiger partial charge in [-0.25, -0.2) is 5.46 Å². The fourth-order valence-electron chi connectivity index (χ4n) is 1.21. The van der Waals surface area contributed by atoms with Crippen LogP contribution in [0.15, 0.2) is 54.6 Å². The Morgan fingerprint density at radius 2 is 1.07 bits per heavy atom. The van der Waals surface area contributed by atoms with Gasteiger partial charge >= 0.3 is 0 Å². The molecule has 2 aromatic rings. The first-order chi connectivity index (χ1) is 6.36. The molecule has 0 fully saturated rings. The van der Waals surface area contributed by atoms with Crippen molar-refractivity contribution >= 4 is 13.3 Å². The van der Waals surface area contributed by atoms with E-state index in [-0.39, 0.29) is 9.41 Å². The highest BCUT2D eigenvalue weighted by Gasteiger charge is 1.92. The van der Waals surface area contributed by atoms with Crippen molar-refractivity contribution in [2.45, 2.75) is 0 Å². The molecule has 0 nitrogen and oxygen atoms in total. The quantitative estimate of drug-likeness (QED) is 0.623. The molecule has 0 atom stereocenters. The fraction of sp³-hybridized carbons (Fsp3) is 0. The third-order valence-electron chi connectivity index (χ3n) is 1.83. The molecule has 0 aliphatic heterocycles. The predicted molar refractivity (Wildman–Crippen MR) is 66.5 cm³/mol. The van der Waals surface area contributed by atoms with Gasteiger partial charge in [0.05, 0.1) is 0 Å². The van der Waals surface area contributed by atoms with Crippen LogP contribution in [-0.4, -0.2) is 7.85 Å². The minimum atomic E-state index is 0. The van der Waals surface area contributed by atoms with Crippen LogP contribution < -0.4 is 5.46 Å². The first-order valence-corrected chi connectivity index (χ1v) is 3.98. The van der Waals surface area contributed by atoms with Crippen LogP contribution in [0.3, 0.4) is 0 Å². The normalized spacial score (nSPS) is 8.60.